The molecule has 36 heavy (non-hydrogen) atoms. The maximum absolute atomic E-state index is 13.3. The summed E-state index contributed by atoms with van der Waals surface area (Å²) in [6, 6.07) is 25.7. The molecule has 3 aromatic carbocycles. The smallest absolute Gasteiger partial charge is 0.410 e. The molecular formula is C28H32N2O4S2. The Morgan fingerprint density at radius 2 is 1.50 bits per heavy atom. The van der Waals surface area contributed by atoms with Gasteiger partial charge in [0.2, 0.25) is 10.0 Å². The zero-order valence-corrected chi connectivity index (χ0v) is 22.4. The first-order chi connectivity index (χ1) is 17.1. The van der Waals surface area contributed by atoms with E-state index >= 15 is 0 Å². The van der Waals surface area contributed by atoms with Crippen LogP contribution in [0.25, 0.3) is 11.1 Å². The zero-order chi connectivity index (χ0) is 25.8. The molecule has 4 rings (SSSR count). The fourth-order valence-corrected chi connectivity index (χ4v) is 6.98. The maximum Gasteiger partial charge on any atom is 0.410 e. The van der Waals surface area contributed by atoms with Crippen LogP contribution in [0.5, 0.6) is 0 Å². The van der Waals surface area contributed by atoms with E-state index < -0.39 is 22.2 Å². The number of thioether (sulfide) groups is 1. The first kappa shape index (κ1) is 26.3. The highest BCUT2D eigenvalue weighted by atomic mass is 32.2. The number of hydrogen-bond donors (Lipinski definition) is 1. The monoisotopic (exact) mass is 524 g/mol. The topological polar surface area (TPSA) is 75.7 Å². The predicted molar refractivity (Wildman–Crippen MR) is 145 cm³/mol. The Hall–Kier alpha value is -2.81. The first-order valence-electron chi connectivity index (χ1n) is 11.9. The van der Waals surface area contributed by atoms with Gasteiger partial charge in [-0.1, -0.05) is 93.6 Å². The van der Waals surface area contributed by atoms with E-state index in [4.69, 9.17) is 4.74 Å². The normalized spacial score (nSPS) is 18.2. The molecule has 1 N–H and O–H groups in total. The van der Waals surface area contributed by atoms with Crippen molar-refractivity contribution >= 4 is 27.9 Å². The second kappa shape index (κ2) is 11.1. The summed E-state index contributed by atoms with van der Waals surface area (Å²) in [5.74, 6) is 0. The van der Waals surface area contributed by atoms with Gasteiger partial charge in [-0.2, -0.15) is 0 Å². The molecule has 2 atom stereocenters. The van der Waals surface area contributed by atoms with Crippen molar-refractivity contribution in [2.75, 3.05) is 13.1 Å². The molecule has 1 aliphatic rings. The molecule has 0 unspecified atom stereocenters. The lowest BCUT2D eigenvalue weighted by atomic mass is 10.1. The first-order valence-corrected chi connectivity index (χ1v) is 14.3. The molecule has 0 saturated carbocycles. The van der Waals surface area contributed by atoms with E-state index in [-0.39, 0.29) is 28.0 Å². The van der Waals surface area contributed by atoms with Gasteiger partial charge in [0, 0.05) is 23.1 Å². The third kappa shape index (κ3) is 6.90. The quantitative estimate of drug-likeness (QED) is 0.438. The number of sulfonamides is 1. The molecule has 0 bridgehead atoms. The summed E-state index contributed by atoms with van der Waals surface area (Å²) in [7, 11) is -3.78. The summed E-state index contributed by atoms with van der Waals surface area (Å²) in [6.45, 7) is 7.10. The van der Waals surface area contributed by atoms with Crippen molar-refractivity contribution in [2.45, 2.75) is 48.3 Å². The maximum atomic E-state index is 13.3. The molecule has 0 spiro atoms. The van der Waals surface area contributed by atoms with E-state index in [2.05, 4.69) is 25.5 Å². The minimum Gasteiger partial charge on any atom is -0.445 e. The summed E-state index contributed by atoms with van der Waals surface area (Å²) < 4.78 is 34.8. The van der Waals surface area contributed by atoms with Crippen molar-refractivity contribution < 1.29 is 17.9 Å². The number of hydrogen-bond acceptors (Lipinski definition) is 5. The molecule has 6 nitrogen and oxygen atoms in total. The Balaban J connectivity index is 1.46. The van der Waals surface area contributed by atoms with Crippen LogP contribution in [0.3, 0.4) is 0 Å². The molecule has 1 fully saturated rings. The lowest BCUT2D eigenvalue weighted by Gasteiger charge is -2.26. The van der Waals surface area contributed by atoms with Gasteiger partial charge in [0.15, 0.2) is 0 Å². The molecule has 190 valence electrons. The molecule has 0 aromatic heterocycles. The Kier molecular flexibility index (Phi) is 8.07. The summed E-state index contributed by atoms with van der Waals surface area (Å²) >= 11 is 1.67. The zero-order valence-electron chi connectivity index (χ0n) is 20.8. The molecule has 1 aliphatic heterocycles. The Bertz CT molecular complexity index is 1260. The SMILES string of the molecule is CC(C)(C)S[C@@H]1CN(C(=O)OCc2ccccc2)C[C@H]1NS(=O)(=O)c1ccc(-c2ccccc2)cc1. The number of likely N-dealkylation sites (tertiary alicyclic amines) is 1. The molecule has 1 heterocycles. The number of nitrogens with one attached hydrogen (secondary N) is 1. The van der Waals surface area contributed by atoms with Gasteiger partial charge in [0.1, 0.15) is 6.61 Å². The summed E-state index contributed by atoms with van der Waals surface area (Å²) in [5, 5.41) is -0.104. The van der Waals surface area contributed by atoms with Gasteiger partial charge in [0.05, 0.1) is 10.9 Å². The average molecular weight is 525 g/mol. The molecule has 0 radical (unpaired) electrons. The highest BCUT2D eigenvalue weighted by Gasteiger charge is 2.40. The minimum atomic E-state index is -3.78. The van der Waals surface area contributed by atoms with Gasteiger partial charge in [-0.15, -0.1) is 11.8 Å². The van der Waals surface area contributed by atoms with Crippen molar-refractivity contribution in [1.82, 2.24) is 9.62 Å². The summed E-state index contributed by atoms with van der Waals surface area (Å²) in [4.78, 5) is 14.6. The van der Waals surface area contributed by atoms with E-state index in [1.807, 2.05) is 72.8 Å². The molecule has 0 aliphatic carbocycles. The Morgan fingerprint density at radius 3 is 2.11 bits per heavy atom. The number of carbonyl (C=O) groups excluding carboxylic acids is 1. The average Bonchev–Trinajstić information content (AvgIpc) is 3.23. The number of nitrogens with zero attached hydrogens (tertiary/aromatic N) is 1. The molecule has 1 amide bonds. The van der Waals surface area contributed by atoms with Crippen LogP contribution in [0.15, 0.2) is 89.8 Å². The third-order valence-electron chi connectivity index (χ3n) is 5.81. The van der Waals surface area contributed by atoms with Crippen LogP contribution in [-0.4, -0.2) is 48.5 Å². The highest BCUT2D eigenvalue weighted by molar-refractivity contribution is 8.01. The minimum absolute atomic E-state index is 0.102. The van der Waals surface area contributed by atoms with Crippen LogP contribution in [-0.2, 0) is 21.4 Å². The van der Waals surface area contributed by atoms with Crippen LogP contribution in [0, 0.1) is 0 Å². The molecular weight excluding hydrogens is 492 g/mol. The van der Waals surface area contributed by atoms with Crippen LogP contribution in [0.4, 0.5) is 4.79 Å². The highest BCUT2D eigenvalue weighted by Crippen LogP contribution is 2.34. The Labute approximate surface area is 218 Å². The number of carbonyl (C=O) groups is 1. The Morgan fingerprint density at radius 1 is 0.917 bits per heavy atom. The van der Waals surface area contributed by atoms with E-state index in [1.54, 1.807) is 28.8 Å². The number of benzene rings is 3. The van der Waals surface area contributed by atoms with Crippen LogP contribution < -0.4 is 4.72 Å². The van der Waals surface area contributed by atoms with E-state index in [0.717, 1.165) is 16.7 Å². The van der Waals surface area contributed by atoms with Crippen molar-refractivity contribution in [1.29, 1.82) is 0 Å². The second-order valence-corrected chi connectivity index (χ2v) is 13.6. The van der Waals surface area contributed by atoms with E-state index in [9.17, 15) is 13.2 Å². The largest absolute Gasteiger partial charge is 0.445 e. The van der Waals surface area contributed by atoms with Gasteiger partial charge in [0.25, 0.3) is 0 Å². The number of rotatable bonds is 7. The predicted octanol–water partition coefficient (Wildman–Crippen LogP) is 5.55. The molecule has 1 saturated heterocycles. The lowest BCUT2D eigenvalue weighted by molar-refractivity contribution is 0.104. The van der Waals surface area contributed by atoms with E-state index in [0.29, 0.717) is 6.54 Å². The lowest BCUT2D eigenvalue weighted by Crippen LogP contribution is -2.43. The number of amides is 1. The molecule has 3 aromatic rings. The van der Waals surface area contributed by atoms with Crippen molar-refractivity contribution in [3.63, 3.8) is 0 Å². The van der Waals surface area contributed by atoms with Gasteiger partial charge >= 0.3 is 6.09 Å². The number of ether oxygens (including phenoxy) is 1. The van der Waals surface area contributed by atoms with Gasteiger partial charge < -0.3 is 9.64 Å². The van der Waals surface area contributed by atoms with Crippen LogP contribution in [0.2, 0.25) is 0 Å². The molecule has 8 heteroatoms. The van der Waals surface area contributed by atoms with Crippen LogP contribution in [0.1, 0.15) is 26.3 Å². The summed E-state index contributed by atoms with van der Waals surface area (Å²) in [5.41, 5.74) is 2.88. The van der Waals surface area contributed by atoms with Crippen LogP contribution >= 0.6 is 11.8 Å². The third-order valence-corrected chi connectivity index (χ3v) is 8.81. The van der Waals surface area contributed by atoms with Gasteiger partial charge in [-0.05, 0) is 28.8 Å². The summed E-state index contributed by atoms with van der Waals surface area (Å²) in [6.07, 6.45) is -0.438. The van der Waals surface area contributed by atoms with Crippen molar-refractivity contribution in [3.8, 4) is 11.1 Å². The fraction of sp³-hybridized carbons (Fsp3) is 0.321. The van der Waals surface area contributed by atoms with Gasteiger partial charge in [-0.3, -0.25) is 0 Å². The van der Waals surface area contributed by atoms with Gasteiger partial charge in [-0.25, -0.2) is 17.9 Å². The standard InChI is InChI=1S/C28H32N2O4S2/c1-28(2,3)35-26-19-30(27(31)34-20-21-10-6-4-7-11-21)18-25(26)29-36(32,33)24-16-14-23(15-17-24)22-12-8-5-9-13-22/h4-17,25-26,29H,18-20H2,1-3H3/t25-,26-/m1/s1. The van der Waals surface area contributed by atoms with Crippen molar-refractivity contribution in [2.24, 2.45) is 0 Å². The fourth-order valence-electron chi connectivity index (χ4n) is 4.14. The second-order valence-electron chi connectivity index (χ2n) is 9.83. The van der Waals surface area contributed by atoms with E-state index in [1.165, 1.54) is 0 Å². The van der Waals surface area contributed by atoms with Crippen molar-refractivity contribution in [3.05, 3.63) is 90.5 Å².